The number of carbonyl (C=O) groups excluding carboxylic acids is 1. The molecule has 116 valence electrons. The van der Waals surface area contributed by atoms with Crippen LogP contribution in [-0.4, -0.2) is 47.0 Å². The van der Waals surface area contributed by atoms with Gasteiger partial charge in [-0.3, -0.25) is 9.69 Å². The van der Waals surface area contributed by atoms with Crippen LogP contribution in [-0.2, 0) is 11.3 Å². The molecule has 5 nitrogen and oxygen atoms in total. The molecule has 0 atom stereocenters. The first-order valence-electron chi connectivity index (χ1n) is 8.08. The molecular weight excluding hydrogens is 266 g/mol. The molecule has 2 aliphatic rings. The lowest BCUT2D eigenvalue weighted by Gasteiger charge is -2.35. The molecule has 1 amide bonds. The van der Waals surface area contributed by atoms with Gasteiger partial charge >= 0.3 is 0 Å². The predicted octanol–water partition coefficient (Wildman–Crippen LogP) is 2.13. The van der Waals surface area contributed by atoms with Gasteiger partial charge in [0, 0.05) is 44.2 Å². The molecule has 3 rings (SSSR count). The number of hydrogen-bond acceptors (Lipinski definition) is 4. The maximum absolute atomic E-state index is 12.4. The zero-order valence-corrected chi connectivity index (χ0v) is 13.1. The van der Waals surface area contributed by atoms with Crippen molar-refractivity contribution >= 4 is 5.91 Å². The number of carbonyl (C=O) groups is 1. The quantitative estimate of drug-likeness (QED) is 0.856. The molecule has 1 aliphatic heterocycles. The molecule has 5 heteroatoms. The molecule has 1 aromatic rings. The van der Waals surface area contributed by atoms with E-state index in [-0.39, 0.29) is 0 Å². The summed E-state index contributed by atoms with van der Waals surface area (Å²) in [5, 5.41) is 4.01. The van der Waals surface area contributed by atoms with Crippen LogP contribution >= 0.6 is 0 Å². The van der Waals surface area contributed by atoms with Crippen LogP contribution in [0.3, 0.4) is 0 Å². The minimum atomic E-state index is 0.305. The summed E-state index contributed by atoms with van der Waals surface area (Å²) in [7, 11) is 0. The van der Waals surface area contributed by atoms with E-state index >= 15 is 0 Å². The van der Waals surface area contributed by atoms with Crippen LogP contribution in [0.1, 0.15) is 42.7 Å². The molecule has 0 aromatic carbocycles. The zero-order chi connectivity index (χ0) is 14.8. The second-order valence-electron chi connectivity index (χ2n) is 6.39. The Balaban J connectivity index is 1.52. The van der Waals surface area contributed by atoms with Gasteiger partial charge in [0.05, 0.1) is 5.69 Å². The highest BCUT2D eigenvalue weighted by molar-refractivity contribution is 5.79. The largest absolute Gasteiger partial charge is 0.361 e. The molecule has 2 fully saturated rings. The maximum Gasteiger partial charge on any atom is 0.225 e. The van der Waals surface area contributed by atoms with E-state index in [1.54, 1.807) is 0 Å². The van der Waals surface area contributed by atoms with Gasteiger partial charge in [-0.05, 0) is 26.7 Å². The normalized spacial score (nSPS) is 21.1. The van der Waals surface area contributed by atoms with Gasteiger partial charge in [0.15, 0.2) is 0 Å². The van der Waals surface area contributed by atoms with Gasteiger partial charge in [-0.1, -0.05) is 18.0 Å². The smallest absolute Gasteiger partial charge is 0.225 e. The van der Waals surface area contributed by atoms with E-state index in [0.717, 1.165) is 57.0 Å². The van der Waals surface area contributed by atoms with Gasteiger partial charge in [0.1, 0.15) is 5.76 Å². The van der Waals surface area contributed by atoms with Crippen molar-refractivity contribution in [1.82, 2.24) is 15.0 Å². The molecule has 2 heterocycles. The average molecular weight is 291 g/mol. The van der Waals surface area contributed by atoms with E-state index in [4.69, 9.17) is 4.52 Å². The molecule has 0 unspecified atom stereocenters. The van der Waals surface area contributed by atoms with E-state index in [1.807, 2.05) is 13.8 Å². The monoisotopic (exact) mass is 291 g/mol. The van der Waals surface area contributed by atoms with Gasteiger partial charge in [-0.15, -0.1) is 0 Å². The van der Waals surface area contributed by atoms with Crippen LogP contribution in [0.25, 0.3) is 0 Å². The summed E-state index contributed by atoms with van der Waals surface area (Å²) in [5.74, 6) is 1.61. The third kappa shape index (κ3) is 3.12. The summed E-state index contributed by atoms with van der Waals surface area (Å²) in [6, 6.07) is 0. The van der Waals surface area contributed by atoms with Gasteiger partial charge in [-0.25, -0.2) is 0 Å². The van der Waals surface area contributed by atoms with Crippen LogP contribution in [0.15, 0.2) is 4.52 Å². The second-order valence-corrected chi connectivity index (χ2v) is 6.39. The fraction of sp³-hybridized carbons (Fsp3) is 0.750. The van der Waals surface area contributed by atoms with Crippen molar-refractivity contribution in [2.45, 2.75) is 46.1 Å². The minimum Gasteiger partial charge on any atom is -0.361 e. The number of hydrogen-bond donors (Lipinski definition) is 0. The highest BCUT2D eigenvalue weighted by Crippen LogP contribution is 2.27. The Kier molecular flexibility index (Phi) is 4.29. The standard InChI is InChI=1S/C16H25N3O2/c1-12-15(13(2)21-17-12)11-18-7-9-19(10-8-18)16(20)14-5-3-4-6-14/h14H,3-11H2,1-2H3. The Bertz CT molecular complexity index is 478. The molecule has 0 bridgehead atoms. The number of aryl methyl sites for hydroxylation is 2. The maximum atomic E-state index is 12.4. The molecule has 21 heavy (non-hydrogen) atoms. The first-order valence-corrected chi connectivity index (χ1v) is 8.08. The first kappa shape index (κ1) is 14.6. The van der Waals surface area contributed by atoms with Crippen LogP contribution in [0.2, 0.25) is 0 Å². The summed E-state index contributed by atoms with van der Waals surface area (Å²) >= 11 is 0. The van der Waals surface area contributed by atoms with Crippen molar-refractivity contribution in [2.75, 3.05) is 26.2 Å². The van der Waals surface area contributed by atoms with E-state index in [2.05, 4.69) is 15.0 Å². The number of rotatable bonds is 3. The van der Waals surface area contributed by atoms with E-state index in [1.165, 1.54) is 18.4 Å². The van der Waals surface area contributed by atoms with Gasteiger partial charge in [0.25, 0.3) is 0 Å². The van der Waals surface area contributed by atoms with Crippen LogP contribution < -0.4 is 0 Å². The number of aromatic nitrogens is 1. The average Bonchev–Trinajstić information content (AvgIpc) is 3.13. The molecule has 1 saturated carbocycles. The van der Waals surface area contributed by atoms with E-state index in [0.29, 0.717) is 11.8 Å². The van der Waals surface area contributed by atoms with E-state index < -0.39 is 0 Å². The Morgan fingerprint density at radius 3 is 2.43 bits per heavy atom. The van der Waals surface area contributed by atoms with Crippen molar-refractivity contribution in [3.05, 3.63) is 17.0 Å². The SMILES string of the molecule is Cc1noc(C)c1CN1CCN(C(=O)C2CCCC2)CC1. The number of piperazine rings is 1. The van der Waals surface area contributed by atoms with Crippen molar-refractivity contribution < 1.29 is 9.32 Å². The Morgan fingerprint density at radius 1 is 1.19 bits per heavy atom. The van der Waals surface area contributed by atoms with Crippen LogP contribution in [0.5, 0.6) is 0 Å². The first-order chi connectivity index (χ1) is 10.1. The van der Waals surface area contributed by atoms with Crippen molar-refractivity contribution in [1.29, 1.82) is 0 Å². The summed E-state index contributed by atoms with van der Waals surface area (Å²) in [6.07, 6.45) is 4.64. The molecule has 0 radical (unpaired) electrons. The lowest BCUT2D eigenvalue weighted by Crippen LogP contribution is -2.49. The summed E-state index contributed by atoms with van der Waals surface area (Å²) in [4.78, 5) is 16.9. The zero-order valence-electron chi connectivity index (χ0n) is 13.1. The summed E-state index contributed by atoms with van der Waals surface area (Å²) in [5.41, 5.74) is 2.18. The topological polar surface area (TPSA) is 49.6 Å². The van der Waals surface area contributed by atoms with Gasteiger partial charge < -0.3 is 9.42 Å². The molecular formula is C16H25N3O2. The highest BCUT2D eigenvalue weighted by atomic mass is 16.5. The van der Waals surface area contributed by atoms with Crippen LogP contribution in [0, 0.1) is 19.8 Å². The fourth-order valence-electron chi connectivity index (χ4n) is 3.51. The van der Waals surface area contributed by atoms with Crippen molar-refractivity contribution in [2.24, 2.45) is 5.92 Å². The van der Waals surface area contributed by atoms with E-state index in [9.17, 15) is 4.79 Å². The van der Waals surface area contributed by atoms with Crippen molar-refractivity contribution in [3.63, 3.8) is 0 Å². The Labute approximate surface area is 126 Å². The lowest BCUT2D eigenvalue weighted by molar-refractivity contribution is -0.137. The predicted molar refractivity (Wildman–Crippen MR) is 79.8 cm³/mol. The number of nitrogens with zero attached hydrogens (tertiary/aromatic N) is 3. The molecule has 0 spiro atoms. The number of amides is 1. The molecule has 0 N–H and O–H groups in total. The van der Waals surface area contributed by atoms with Crippen molar-refractivity contribution in [3.8, 4) is 0 Å². The molecule has 1 aromatic heterocycles. The van der Waals surface area contributed by atoms with Gasteiger partial charge in [-0.2, -0.15) is 0 Å². The second kappa shape index (κ2) is 6.18. The lowest BCUT2D eigenvalue weighted by atomic mass is 10.1. The van der Waals surface area contributed by atoms with Crippen LogP contribution in [0.4, 0.5) is 0 Å². The third-order valence-electron chi connectivity index (χ3n) is 4.95. The summed E-state index contributed by atoms with van der Waals surface area (Å²) in [6.45, 7) is 8.45. The Hall–Kier alpha value is -1.36. The fourth-order valence-corrected chi connectivity index (χ4v) is 3.51. The minimum absolute atomic E-state index is 0.305. The Morgan fingerprint density at radius 2 is 1.86 bits per heavy atom. The molecule has 1 saturated heterocycles. The van der Waals surface area contributed by atoms with Gasteiger partial charge in [0.2, 0.25) is 5.91 Å². The highest BCUT2D eigenvalue weighted by Gasteiger charge is 2.29. The third-order valence-corrected chi connectivity index (χ3v) is 4.95. The molecule has 1 aliphatic carbocycles. The summed E-state index contributed by atoms with van der Waals surface area (Å²) < 4.78 is 5.22.